The third kappa shape index (κ3) is 4.33. The predicted octanol–water partition coefficient (Wildman–Crippen LogP) is 3.47. The van der Waals surface area contributed by atoms with E-state index in [9.17, 15) is 4.79 Å². The fourth-order valence-corrected chi connectivity index (χ4v) is 2.73. The van der Waals surface area contributed by atoms with Crippen LogP contribution >= 0.6 is 22.6 Å². The van der Waals surface area contributed by atoms with Crippen LogP contribution in [-0.2, 0) is 10.2 Å². The normalized spacial score (nSPS) is 16.9. The van der Waals surface area contributed by atoms with E-state index in [0.717, 1.165) is 9.33 Å². The number of nitrogens with zero attached hydrogens (tertiary/aromatic N) is 1. The quantitative estimate of drug-likeness (QED) is 0.438. The molecule has 1 aliphatic heterocycles. The number of nitrogens with one attached hydrogen (secondary N) is 1. The SMILES string of the molecule is CC(C)(C)c1ccc2c(c1)OC(C(=O)NN=Cc1ccc(I)o1)CO2. The Hall–Kier alpha value is -2.03. The van der Waals surface area contributed by atoms with Crippen molar-refractivity contribution in [3.8, 4) is 11.5 Å². The number of carbonyl (C=O) groups excluding carboxylic acids is 1. The first-order valence-corrected chi connectivity index (χ1v) is 8.93. The number of hydrogen-bond acceptors (Lipinski definition) is 5. The average molecular weight is 454 g/mol. The molecule has 132 valence electrons. The van der Waals surface area contributed by atoms with Gasteiger partial charge in [0.15, 0.2) is 15.3 Å². The third-order valence-corrected chi connectivity index (χ3v) is 4.30. The Morgan fingerprint density at radius 3 is 2.76 bits per heavy atom. The van der Waals surface area contributed by atoms with Crippen molar-refractivity contribution in [2.45, 2.75) is 32.3 Å². The molecule has 0 bridgehead atoms. The standard InChI is InChI=1S/C18H19IN2O4/c1-18(2,3)11-4-6-13-14(8-11)25-15(10-23-13)17(22)21-20-9-12-5-7-16(19)24-12/h4-9,15H,10H2,1-3H3,(H,21,22). The fourth-order valence-electron chi connectivity index (χ4n) is 2.30. The molecule has 1 amide bonds. The molecule has 0 saturated heterocycles. The molecule has 1 N–H and O–H groups in total. The van der Waals surface area contributed by atoms with Crippen LogP contribution in [-0.4, -0.2) is 24.8 Å². The van der Waals surface area contributed by atoms with E-state index in [-0.39, 0.29) is 17.9 Å². The number of hydrogen-bond donors (Lipinski definition) is 1. The molecule has 0 spiro atoms. The molecule has 2 heterocycles. The maximum atomic E-state index is 12.2. The zero-order chi connectivity index (χ0) is 18.0. The molecule has 2 aromatic rings. The number of benzene rings is 1. The minimum absolute atomic E-state index is 0.0154. The van der Waals surface area contributed by atoms with Crippen LogP contribution in [0, 0.1) is 3.77 Å². The highest BCUT2D eigenvalue weighted by atomic mass is 127. The summed E-state index contributed by atoms with van der Waals surface area (Å²) in [5.41, 5.74) is 3.55. The van der Waals surface area contributed by atoms with Crippen LogP contribution in [0.1, 0.15) is 32.1 Å². The number of fused-ring (bicyclic) bond motifs is 1. The van der Waals surface area contributed by atoms with Gasteiger partial charge in [-0.05, 0) is 57.8 Å². The topological polar surface area (TPSA) is 73.1 Å². The monoisotopic (exact) mass is 454 g/mol. The molecule has 1 atom stereocenters. The molecular formula is C18H19IN2O4. The number of carbonyl (C=O) groups is 1. The number of amides is 1. The number of hydrazone groups is 1. The first-order chi connectivity index (χ1) is 11.8. The first-order valence-electron chi connectivity index (χ1n) is 7.85. The van der Waals surface area contributed by atoms with Gasteiger partial charge in [-0.1, -0.05) is 26.8 Å². The summed E-state index contributed by atoms with van der Waals surface area (Å²) in [7, 11) is 0. The van der Waals surface area contributed by atoms with Crippen molar-refractivity contribution in [2.75, 3.05) is 6.61 Å². The van der Waals surface area contributed by atoms with Gasteiger partial charge in [0, 0.05) is 0 Å². The van der Waals surface area contributed by atoms with Gasteiger partial charge in [0.1, 0.15) is 12.4 Å². The highest BCUT2D eigenvalue weighted by molar-refractivity contribution is 14.1. The highest BCUT2D eigenvalue weighted by Gasteiger charge is 2.28. The molecule has 1 aromatic carbocycles. The van der Waals surface area contributed by atoms with E-state index < -0.39 is 6.10 Å². The Bertz CT molecular complexity index is 808. The van der Waals surface area contributed by atoms with Crippen molar-refractivity contribution in [3.63, 3.8) is 0 Å². The second-order valence-corrected chi connectivity index (χ2v) is 7.77. The first kappa shape index (κ1) is 17.8. The minimum atomic E-state index is -0.753. The molecule has 0 radical (unpaired) electrons. The Morgan fingerprint density at radius 2 is 2.08 bits per heavy atom. The van der Waals surface area contributed by atoms with Crippen molar-refractivity contribution in [3.05, 3.63) is 45.4 Å². The van der Waals surface area contributed by atoms with Gasteiger partial charge in [0.25, 0.3) is 5.91 Å². The van der Waals surface area contributed by atoms with Gasteiger partial charge in [-0.15, -0.1) is 0 Å². The molecule has 1 aromatic heterocycles. The van der Waals surface area contributed by atoms with Gasteiger partial charge in [0.05, 0.1) is 6.21 Å². The number of halogens is 1. The van der Waals surface area contributed by atoms with Crippen molar-refractivity contribution < 1.29 is 18.7 Å². The molecule has 25 heavy (non-hydrogen) atoms. The van der Waals surface area contributed by atoms with Gasteiger partial charge < -0.3 is 13.9 Å². The molecule has 0 saturated carbocycles. The molecular weight excluding hydrogens is 435 g/mol. The number of ether oxygens (including phenoxy) is 2. The largest absolute Gasteiger partial charge is 0.485 e. The zero-order valence-electron chi connectivity index (χ0n) is 14.2. The molecule has 1 unspecified atom stereocenters. The average Bonchev–Trinajstić information content (AvgIpc) is 2.98. The van der Waals surface area contributed by atoms with E-state index in [1.54, 1.807) is 6.07 Å². The van der Waals surface area contributed by atoms with Crippen molar-refractivity contribution in [2.24, 2.45) is 5.10 Å². The molecule has 1 aliphatic rings. The zero-order valence-corrected chi connectivity index (χ0v) is 16.4. The van der Waals surface area contributed by atoms with E-state index in [1.807, 2.05) is 24.3 Å². The number of furan rings is 1. The van der Waals surface area contributed by atoms with Crippen LogP contribution in [0.5, 0.6) is 11.5 Å². The molecule has 0 aliphatic carbocycles. The smallest absolute Gasteiger partial charge is 0.284 e. The summed E-state index contributed by atoms with van der Waals surface area (Å²) in [6, 6.07) is 9.38. The van der Waals surface area contributed by atoms with Crippen molar-refractivity contribution in [1.29, 1.82) is 0 Å². The Kier molecular flexibility index (Phi) is 5.03. The lowest BCUT2D eigenvalue weighted by atomic mass is 9.87. The van der Waals surface area contributed by atoms with E-state index in [4.69, 9.17) is 13.9 Å². The summed E-state index contributed by atoms with van der Waals surface area (Å²) in [6.45, 7) is 6.50. The van der Waals surface area contributed by atoms with Crippen molar-refractivity contribution >= 4 is 34.7 Å². The lowest BCUT2D eigenvalue weighted by Crippen LogP contribution is -2.42. The van der Waals surface area contributed by atoms with E-state index >= 15 is 0 Å². The van der Waals surface area contributed by atoms with E-state index in [2.05, 4.69) is 53.9 Å². The van der Waals surface area contributed by atoms with Gasteiger partial charge in [0.2, 0.25) is 6.10 Å². The molecule has 6 nitrogen and oxygen atoms in total. The van der Waals surface area contributed by atoms with E-state index in [1.165, 1.54) is 6.21 Å². The molecule has 7 heteroatoms. The van der Waals surface area contributed by atoms with E-state index in [0.29, 0.717) is 17.3 Å². The lowest BCUT2D eigenvalue weighted by molar-refractivity contribution is -0.130. The highest BCUT2D eigenvalue weighted by Crippen LogP contribution is 2.36. The Balaban J connectivity index is 1.65. The second-order valence-electron chi connectivity index (χ2n) is 6.71. The van der Waals surface area contributed by atoms with Crippen LogP contribution in [0.15, 0.2) is 39.9 Å². The van der Waals surface area contributed by atoms with Crippen LogP contribution in [0.25, 0.3) is 0 Å². The molecule has 3 rings (SSSR count). The summed E-state index contributed by atoms with van der Waals surface area (Å²) < 4.78 is 17.5. The Morgan fingerprint density at radius 1 is 1.28 bits per heavy atom. The lowest BCUT2D eigenvalue weighted by Gasteiger charge is -2.27. The minimum Gasteiger partial charge on any atom is -0.485 e. The van der Waals surface area contributed by atoms with Gasteiger partial charge in [-0.2, -0.15) is 5.10 Å². The van der Waals surface area contributed by atoms with Crippen LogP contribution < -0.4 is 14.9 Å². The Labute approximate surface area is 159 Å². The summed E-state index contributed by atoms with van der Waals surface area (Å²) in [5.74, 6) is 1.41. The summed E-state index contributed by atoms with van der Waals surface area (Å²) >= 11 is 2.06. The van der Waals surface area contributed by atoms with Crippen molar-refractivity contribution in [1.82, 2.24) is 5.43 Å². The fraction of sp³-hybridized carbons (Fsp3) is 0.333. The second kappa shape index (κ2) is 7.07. The summed E-state index contributed by atoms with van der Waals surface area (Å²) in [4.78, 5) is 12.2. The predicted molar refractivity (Wildman–Crippen MR) is 102 cm³/mol. The molecule has 0 fully saturated rings. The maximum absolute atomic E-state index is 12.2. The van der Waals surface area contributed by atoms with Gasteiger partial charge >= 0.3 is 0 Å². The van der Waals surface area contributed by atoms with Gasteiger partial charge in [-0.3, -0.25) is 4.79 Å². The maximum Gasteiger partial charge on any atom is 0.284 e. The third-order valence-electron chi connectivity index (χ3n) is 3.72. The summed E-state index contributed by atoms with van der Waals surface area (Å²) in [5, 5.41) is 3.89. The summed E-state index contributed by atoms with van der Waals surface area (Å²) in [6.07, 6.45) is 0.687. The van der Waals surface area contributed by atoms with Gasteiger partial charge in [-0.25, -0.2) is 5.43 Å². The van der Waals surface area contributed by atoms with Crippen LogP contribution in [0.2, 0.25) is 0 Å². The van der Waals surface area contributed by atoms with Crippen LogP contribution in [0.3, 0.4) is 0 Å². The van der Waals surface area contributed by atoms with Crippen LogP contribution in [0.4, 0.5) is 0 Å². The number of rotatable bonds is 3.